The van der Waals surface area contributed by atoms with Crippen LogP contribution in [0.15, 0.2) is 60.2 Å². The average molecular weight is 525 g/mol. The molecule has 2 aromatic heterocycles. The Morgan fingerprint density at radius 2 is 1.87 bits per heavy atom. The van der Waals surface area contributed by atoms with Crippen molar-refractivity contribution in [2.75, 3.05) is 42.9 Å². The van der Waals surface area contributed by atoms with Crippen LogP contribution >= 0.6 is 11.3 Å². The van der Waals surface area contributed by atoms with Gasteiger partial charge in [-0.3, -0.25) is 4.79 Å². The van der Waals surface area contributed by atoms with E-state index in [1.807, 2.05) is 30.3 Å². The second-order valence-electron chi connectivity index (χ2n) is 9.89. The van der Waals surface area contributed by atoms with Gasteiger partial charge in [-0.05, 0) is 61.3 Å². The molecule has 7 nitrogen and oxygen atoms in total. The van der Waals surface area contributed by atoms with E-state index in [9.17, 15) is 4.79 Å². The van der Waals surface area contributed by atoms with Crippen LogP contribution in [0.1, 0.15) is 41.3 Å². The minimum Gasteiger partial charge on any atom is -0.369 e. The summed E-state index contributed by atoms with van der Waals surface area (Å²) in [4.78, 5) is 26.4. The van der Waals surface area contributed by atoms with E-state index in [4.69, 9.17) is 0 Å². The smallest absolute Gasteiger partial charge is 0.251 e. The van der Waals surface area contributed by atoms with E-state index in [2.05, 4.69) is 73.0 Å². The highest BCUT2D eigenvalue weighted by molar-refractivity contribution is 7.18. The molecule has 3 heterocycles. The first-order chi connectivity index (χ1) is 18.7. The van der Waals surface area contributed by atoms with Crippen LogP contribution < -0.4 is 15.5 Å². The van der Waals surface area contributed by atoms with Crippen LogP contribution in [0.2, 0.25) is 0 Å². The monoisotopic (exact) mass is 524 g/mol. The number of hydrogen-bond donors (Lipinski definition) is 2. The number of hydrogen-bond acceptors (Lipinski definition) is 7. The summed E-state index contributed by atoms with van der Waals surface area (Å²) in [7, 11) is 0. The van der Waals surface area contributed by atoms with Gasteiger partial charge >= 0.3 is 0 Å². The van der Waals surface area contributed by atoms with Crippen LogP contribution in [0.25, 0.3) is 22.4 Å². The highest BCUT2D eigenvalue weighted by Crippen LogP contribution is 2.32. The van der Waals surface area contributed by atoms with E-state index in [1.54, 1.807) is 17.7 Å². The number of thiophene rings is 1. The zero-order chi connectivity index (χ0) is 25.9. The molecule has 194 valence electrons. The van der Waals surface area contributed by atoms with Crippen LogP contribution in [0, 0.1) is 0 Å². The van der Waals surface area contributed by atoms with Crippen molar-refractivity contribution < 1.29 is 4.79 Å². The fourth-order valence-electron chi connectivity index (χ4n) is 4.76. The number of likely N-dealkylation sites (N-methyl/N-ethyl adjacent to an activating group) is 1. The van der Waals surface area contributed by atoms with Gasteiger partial charge in [0.05, 0.1) is 10.2 Å². The first-order valence-electron chi connectivity index (χ1n) is 13.3. The van der Waals surface area contributed by atoms with Crippen molar-refractivity contribution in [3.05, 3.63) is 76.9 Å². The van der Waals surface area contributed by atoms with Crippen molar-refractivity contribution in [1.29, 1.82) is 0 Å². The highest BCUT2D eigenvalue weighted by atomic mass is 32.1. The van der Waals surface area contributed by atoms with Crippen molar-refractivity contribution in [3.63, 3.8) is 0 Å². The average Bonchev–Trinajstić information content (AvgIpc) is 3.68. The van der Waals surface area contributed by atoms with Crippen LogP contribution in [0.4, 0.5) is 17.2 Å². The van der Waals surface area contributed by atoms with Crippen LogP contribution in [-0.2, 0) is 0 Å². The molecule has 2 aromatic carbocycles. The van der Waals surface area contributed by atoms with Crippen LogP contribution in [-0.4, -0.2) is 59.5 Å². The Kier molecular flexibility index (Phi) is 7.07. The lowest BCUT2D eigenvalue weighted by atomic mass is 10.1. The number of nitrogens with zero attached hydrogens (tertiary/aromatic N) is 4. The van der Waals surface area contributed by atoms with Gasteiger partial charge in [-0.1, -0.05) is 31.2 Å². The van der Waals surface area contributed by atoms with Gasteiger partial charge < -0.3 is 20.4 Å². The number of benzene rings is 2. The first kappa shape index (κ1) is 24.6. The molecule has 0 atom stereocenters. The lowest BCUT2D eigenvalue weighted by Gasteiger charge is -2.35. The minimum absolute atomic E-state index is 0.000658. The first-order valence-corrected chi connectivity index (χ1v) is 14.2. The molecule has 8 heteroatoms. The maximum atomic E-state index is 12.4. The minimum atomic E-state index is -0.000658. The van der Waals surface area contributed by atoms with E-state index < -0.39 is 0 Å². The third-order valence-electron chi connectivity index (χ3n) is 7.21. The van der Waals surface area contributed by atoms with Crippen molar-refractivity contribution in [2.24, 2.45) is 0 Å². The maximum absolute atomic E-state index is 12.4. The third-order valence-corrected chi connectivity index (χ3v) is 8.21. The maximum Gasteiger partial charge on any atom is 0.251 e. The quantitative estimate of drug-likeness (QED) is 0.311. The number of carbonyl (C=O) groups excluding carboxylic acids is 1. The fraction of sp³-hybridized carbons (Fsp3) is 0.300. The van der Waals surface area contributed by atoms with Gasteiger partial charge in [0.15, 0.2) is 5.82 Å². The molecule has 38 heavy (non-hydrogen) atoms. The van der Waals surface area contributed by atoms with Crippen molar-refractivity contribution in [1.82, 2.24) is 20.2 Å². The van der Waals surface area contributed by atoms with Gasteiger partial charge in [-0.2, -0.15) is 0 Å². The molecule has 2 N–H and O–H groups in total. The Morgan fingerprint density at radius 3 is 2.63 bits per heavy atom. The predicted octanol–water partition coefficient (Wildman–Crippen LogP) is 5.64. The summed E-state index contributed by atoms with van der Waals surface area (Å²) in [6.07, 6.45) is 7.86. The van der Waals surface area contributed by atoms with E-state index in [1.165, 1.54) is 5.69 Å². The lowest BCUT2D eigenvalue weighted by Crippen LogP contribution is -2.46. The second kappa shape index (κ2) is 10.9. The zero-order valence-electron chi connectivity index (χ0n) is 21.6. The molecule has 1 aliphatic carbocycles. The predicted molar refractivity (Wildman–Crippen MR) is 157 cm³/mol. The molecule has 2 aliphatic rings. The lowest BCUT2D eigenvalue weighted by molar-refractivity contribution is 0.0951. The number of nitrogens with one attached hydrogen (secondary N) is 2. The molecule has 1 aliphatic heterocycles. The largest absolute Gasteiger partial charge is 0.369 e. The Morgan fingerprint density at radius 1 is 1.05 bits per heavy atom. The van der Waals surface area contributed by atoms with Crippen molar-refractivity contribution >= 4 is 56.8 Å². The van der Waals surface area contributed by atoms with E-state index >= 15 is 0 Å². The van der Waals surface area contributed by atoms with Gasteiger partial charge in [0, 0.05) is 60.1 Å². The van der Waals surface area contributed by atoms with Gasteiger partial charge in [-0.15, -0.1) is 11.3 Å². The molecule has 1 saturated heterocycles. The fourth-order valence-corrected chi connectivity index (χ4v) is 5.69. The van der Waals surface area contributed by atoms with Crippen LogP contribution in [0.3, 0.4) is 0 Å². The molecule has 4 aromatic rings. The molecule has 1 amide bonds. The standard InChI is InChI=1S/C30H32N6OS/c1-2-35-14-16-36(17-15-35)26-12-10-24(11-13-26)33-29-28-27(31-20-32-29)23(19-38-28)7-6-21-4-3-5-22(18-21)30(37)34-25-8-9-25/h3-7,10-13,18-20,25H,2,8-9,14-17H2,1H3,(H,34,37)(H,31,32,33)/b7-6+. The molecule has 0 bridgehead atoms. The van der Waals surface area contributed by atoms with Gasteiger partial charge in [0.2, 0.25) is 0 Å². The highest BCUT2D eigenvalue weighted by Gasteiger charge is 2.23. The molecule has 2 fully saturated rings. The summed E-state index contributed by atoms with van der Waals surface area (Å²) >= 11 is 1.63. The molecule has 0 unspecified atom stereocenters. The van der Waals surface area contributed by atoms with Gasteiger partial charge in [0.25, 0.3) is 5.91 Å². The molecular weight excluding hydrogens is 492 g/mol. The number of carbonyl (C=O) groups is 1. The summed E-state index contributed by atoms with van der Waals surface area (Å²) in [6.45, 7) is 7.71. The molecule has 1 saturated carbocycles. The summed E-state index contributed by atoms with van der Waals surface area (Å²) in [5.41, 5.74) is 5.89. The Balaban J connectivity index is 1.15. The SMILES string of the molecule is CCN1CCN(c2ccc(Nc3ncnc4c(/C=C/c5cccc(C(=O)NC6CC6)c5)csc34)cc2)CC1. The number of piperazine rings is 1. The van der Waals surface area contributed by atoms with Gasteiger partial charge in [0.1, 0.15) is 6.33 Å². The van der Waals surface area contributed by atoms with E-state index in [0.29, 0.717) is 11.6 Å². The number of fused-ring (bicyclic) bond motifs is 1. The zero-order valence-corrected chi connectivity index (χ0v) is 22.4. The second-order valence-corrected chi connectivity index (χ2v) is 10.8. The Bertz CT molecular complexity index is 1450. The molecule has 0 spiro atoms. The molecular formula is C30H32N6OS. The summed E-state index contributed by atoms with van der Waals surface area (Å²) < 4.78 is 1.02. The number of amides is 1. The number of rotatable bonds is 8. The summed E-state index contributed by atoms with van der Waals surface area (Å²) in [5.74, 6) is 0.807. The van der Waals surface area contributed by atoms with E-state index in [-0.39, 0.29) is 5.91 Å². The summed E-state index contributed by atoms with van der Waals surface area (Å²) in [6, 6.07) is 16.7. The van der Waals surface area contributed by atoms with Crippen molar-refractivity contribution in [3.8, 4) is 0 Å². The Hall–Kier alpha value is -3.75. The third kappa shape index (κ3) is 5.56. The number of anilines is 3. The van der Waals surface area contributed by atoms with Gasteiger partial charge in [-0.25, -0.2) is 9.97 Å². The van der Waals surface area contributed by atoms with Crippen LogP contribution in [0.5, 0.6) is 0 Å². The Labute approximate surface area is 227 Å². The van der Waals surface area contributed by atoms with Crippen molar-refractivity contribution in [2.45, 2.75) is 25.8 Å². The molecule has 0 radical (unpaired) electrons. The topological polar surface area (TPSA) is 73.4 Å². The van der Waals surface area contributed by atoms with E-state index in [0.717, 1.165) is 78.4 Å². The number of aromatic nitrogens is 2. The summed E-state index contributed by atoms with van der Waals surface area (Å²) in [5, 5.41) is 8.64. The molecule has 6 rings (SSSR count). The normalized spacial score (nSPS) is 16.3.